The highest BCUT2D eigenvalue weighted by Crippen LogP contribution is 2.29. The molecule has 0 aliphatic rings. The van der Waals surface area contributed by atoms with Crippen molar-refractivity contribution in [3.05, 3.63) is 67.8 Å². The van der Waals surface area contributed by atoms with Crippen LogP contribution in [0.5, 0.6) is 5.75 Å². The summed E-state index contributed by atoms with van der Waals surface area (Å²) in [5.41, 5.74) is 0.257. The van der Waals surface area contributed by atoms with Gasteiger partial charge in [0.05, 0.1) is 22.5 Å². The van der Waals surface area contributed by atoms with Gasteiger partial charge in [0.15, 0.2) is 5.69 Å². The summed E-state index contributed by atoms with van der Waals surface area (Å²) in [5.74, 6) is -0.333. The van der Waals surface area contributed by atoms with Crippen molar-refractivity contribution in [3.8, 4) is 5.75 Å². The second-order valence-corrected chi connectivity index (χ2v) is 6.48. The van der Waals surface area contributed by atoms with Gasteiger partial charge in [-0.15, -0.1) is 0 Å². The molecule has 13 nitrogen and oxygen atoms in total. The molecule has 162 valence electrons. The number of anilines is 1. The average Bonchev–Trinajstić information content (AvgIpc) is 3.27. The Morgan fingerprint density at radius 2 is 1.90 bits per heavy atom. The predicted octanol–water partition coefficient (Wildman–Crippen LogP) is 2.67. The number of carbonyl (C=O) groups is 1. The number of benzene rings is 1. The van der Waals surface area contributed by atoms with Crippen molar-refractivity contribution in [3.63, 3.8) is 0 Å². The number of rotatable bonds is 8. The Kier molecular flexibility index (Phi) is 5.95. The standard InChI is InChI=1S/C18H19N7O6/c1-4-31-13-5-6-14(16(9-13)24(27)28)19-18(26)15-7-8-22(21-15)10-23-12(3)17(25(29)30)11(2)20-23/h5-9H,4,10H2,1-3H3,(H,19,26). The lowest BCUT2D eigenvalue weighted by atomic mass is 10.2. The Balaban J connectivity index is 1.78. The van der Waals surface area contributed by atoms with Crippen LogP contribution in [0.4, 0.5) is 17.1 Å². The molecule has 0 fully saturated rings. The molecule has 2 aromatic heterocycles. The zero-order chi connectivity index (χ0) is 22.7. The van der Waals surface area contributed by atoms with Crippen molar-refractivity contribution in [1.82, 2.24) is 19.6 Å². The predicted molar refractivity (Wildman–Crippen MR) is 108 cm³/mol. The van der Waals surface area contributed by atoms with Gasteiger partial charge in [0.25, 0.3) is 11.6 Å². The first-order valence-electron chi connectivity index (χ1n) is 9.15. The number of aryl methyl sites for hydroxylation is 1. The highest BCUT2D eigenvalue weighted by atomic mass is 16.6. The third kappa shape index (κ3) is 4.49. The smallest absolute Gasteiger partial charge is 0.312 e. The molecule has 2 heterocycles. The van der Waals surface area contributed by atoms with E-state index < -0.39 is 15.8 Å². The molecule has 0 atom stereocenters. The fourth-order valence-corrected chi connectivity index (χ4v) is 3.00. The number of nitrogens with one attached hydrogen (secondary N) is 1. The summed E-state index contributed by atoms with van der Waals surface area (Å²) in [4.78, 5) is 33.9. The van der Waals surface area contributed by atoms with E-state index in [1.54, 1.807) is 13.8 Å². The van der Waals surface area contributed by atoms with Crippen LogP contribution in [0.25, 0.3) is 0 Å². The molecule has 31 heavy (non-hydrogen) atoms. The summed E-state index contributed by atoms with van der Waals surface area (Å²) in [6.07, 6.45) is 1.50. The quantitative estimate of drug-likeness (QED) is 0.422. The van der Waals surface area contributed by atoms with Crippen LogP contribution in [0, 0.1) is 34.1 Å². The maximum atomic E-state index is 12.5. The van der Waals surface area contributed by atoms with Crippen LogP contribution in [-0.2, 0) is 6.67 Å². The molecule has 0 radical (unpaired) electrons. The molecule has 0 saturated heterocycles. The van der Waals surface area contributed by atoms with E-state index in [1.165, 1.54) is 46.7 Å². The number of nitrogens with zero attached hydrogens (tertiary/aromatic N) is 6. The topological polar surface area (TPSA) is 160 Å². The van der Waals surface area contributed by atoms with Gasteiger partial charge >= 0.3 is 5.69 Å². The van der Waals surface area contributed by atoms with E-state index in [4.69, 9.17) is 4.74 Å². The lowest BCUT2D eigenvalue weighted by Gasteiger charge is -2.07. The van der Waals surface area contributed by atoms with E-state index in [0.29, 0.717) is 18.1 Å². The molecule has 0 aliphatic carbocycles. The van der Waals surface area contributed by atoms with Gasteiger partial charge in [-0.25, -0.2) is 4.68 Å². The Bertz CT molecular complexity index is 1170. The first kappa shape index (κ1) is 21.4. The van der Waals surface area contributed by atoms with Gasteiger partial charge in [-0.1, -0.05) is 0 Å². The minimum Gasteiger partial charge on any atom is -0.494 e. The van der Waals surface area contributed by atoms with Crippen molar-refractivity contribution in [2.24, 2.45) is 0 Å². The van der Waals surface area contributed by atoms with Crippen LogP contribution in [0.3, 0.4) is 0 Å². The van der Waals surface area contributed by atoms with Gasteiger partial charge < -0.3 is 10.1 Å². The van der Waals surface area contributed by atoms with Crippen molar-refractivity contribution in [1.29, 1.82) is 0 Å². The molecule has 0 aliphatic heterocycles. The summed E-state index contributed by atoms with van der Waals surface area (Å²) in [7, 11) is 0. The lowest BCUT2D eigenvalue weighted by molar-refractivity contribution is -0.386. The maximum Gasteiger partial charge on any atom is 0.312 e. The largest absolute Gasteiger partial charge is 0.494 e. The number of nitro groups is 2. The SMILES string of the molecule is CCOc1ccc(NC(=O)c2ccn(Cn3nc(C)c([N+](=O)[O-])c3C)n2)c([N+](=O)[O-])c1. The zero-order valence-corrected chi connectivity index (χ0v) is 16.9. The van der Waals surface area contributed by atoms with E-state index in [9.17, 15) is 25.0 Å². The maximum absolute atomic E-state index is 12.5. The normalized spacial score (nSPS) is 10.7. The average molecular weight is 429 g/mol. The Labute approximate surface area is 175 Å². The van der Waals surface area contributed by atoms with Crippen molar-refractivity contribution in [2.75, 3.05) is 11.9 Å². The second kappa shape index (κ2) is 8.61. The Morgan fingerprint density at radius 3 is 2.52 bits per heavy atom. The molecule has 3 rings (SSSR count). The molecule has 3 aromatic rings. The first-order chi connectivity index (χ1) is 14.7. The fraction of sp³-hybridized carbons (Fsp3) is 0.278. The van der Waals surface area contributed by atoms with E-state index in [1.807, 2.05) is 0 Å². The zero-order valence-electron chi connectivity index (χ0n) is 16.9. The molecule has 0 unspecified atom stereocenters. The summed E-state index contributed by atoms with van der Waals surface area (Å²) >= 11 is 0. The minimum atomic E-state index is -0.648. The molecular weight excluding hydrogens is 410 g/mol. The fourth-order valence-electron chi connectivity index (χ4n) is 3.00. The second-order valence-electron chi connectivity index (χ2n) is 6.48. The van der Waals surface area contributed by atoms with Crippen LogP contribution in [0.2, 0.25) is 0 Å². The minimum absolute atomic E-state index is 0.00201. The summed E-state index contributed by atoms with van der Waals surface area (Å²) in [6, 6.07) is 5.55. The number of ether oxygens (including phenoxy) is 1. The summed E-state index contributed by atoms with van der Waals surface area (Å²) in [5, 5.41) is 33.2. The number of hydrogen-bond acceptors (Lipinski definition) is 8. The number of aromatic nitrogens is 4. The highest BCUT2D eigenvalue weighted by molar-refractivity contribution is 6.04. The van der Waals surface area contributed by atoms with Gasteiger partial charge in [0, 0.05) is 6.20 Å². The van der Waals surface area contributed by atoms with Crippen LogP contribution in [0.1, 0.15) is 28.8 Å². The number of carbonyl (C=O) groups excluding carboxylic acids is 1. The summed E-state index contributed by atoms with van der Waals surface area (Å²) < 4.78 is 8.03. The number of nitro benzene ring substituents is 1. The van der Waals surface area contributed by atoms with Crippen LogP contribution >= 0.6 is 0 Å². The molecule has 1 amide bonds. The highest BCUT2D eigenvalue weighted by Gasteiger charge is 2.23. The van der Waals surface area contributed by atoms with E-state index in [0.717, 1.165) is 0 Å². The molecule has 1 N–H and O–H groups in total. The monoisotopic (exact) mass is 429 g/mol. The van der Waals surface area contributed by atoms with Gasteiger partial charge in [0.2, 0.25) is 0 Å². The van der Waals surface area contributed by atoms with E-state index in [2.05, 4.69) is 15.5 Å². The lowest BCUT2D eigenvalue weighted by Crippen LogP contribution is -2.16. The van der Waals surface area contributed by atoms with E-state index >= 15 is 0 Å². The third-order valence-corrected chi connectivity index (χ3v) is 4.40. The van der Waals surface area contributed by atoms with Crippen molar-refractivity contribution >= 4 is 23.0 Å². The van der Waals surface area contributed by atoms with Gasteiger partial charge in [0.1, 0.15) is 29.5 Å². The molecule has 13 heteroatoms. The van der Waals surface area contributed by atoms with Gasteiger partial charge in [-0.05, 0) is 39.0 Å². The third-order valence-electron chi connectivity index (χ3n) is 4.40. The molecule has 0 saturated carbocycles. The molecular formula is C18H19N7O6. The van der Waals surface area contributed by atoms with Crippen LogP contribution < -0.4 is 10.1 Å². The van der Waals surface area contributed by atoms with Gasteiger partial charge in [-0.2, -0.15) is 10.2 Å². The van der Waals surface area contributed by atoms with Crippen molar-refractivity contribution in [2.45, 2.75) is 27.4 Å². The van der Waals surface area contributed by atoms with Crippen molar-refractivity contribution < 1.29 is 19.4 Å². The molecule has 0 bridgehead atoms. The molecule has 1 aromatic carbocycles. The summed E-state index contributed by atoms with van der Waals surface area (Å²) in [6.45, 7) is 5.26. The van der Waals surface area contributed by atoms with E-state index in [-0.39, 0.29) is 35.1 Å². The van der Waals surface area contributed by atoms with Crippen LogP contribution in [0.15, 0.2) is 30.5 Å². The first-order valence-corrected chi connectivity index (χ1v) is 9.15. The number of amides is 1. The van der Waals surface area contributed by atoms with Crippen LogP contribution in [-0.4, -0.2) is 41.9 Å². The Morgan fingerprint density at radius 1 is 1.16 bits per heavy atom. The Hall–Kier alpha value is -4.29. The molecule has 0 spiro atoms. The number of hydrogen-bond donors (Lipinski definition) is 1. The van der Waals surface area contributed by atoms with Gasteiger partial charge in [-0.3, -0.25) is 29.7 Å².